The minimum absolute atomic E-state index is 0.235. The maximum atomic E-state index is 13.2. The number of nitrogens with zero attached hydrogens (tertiary/aromatic N) is 1. The lowest BCUT2D eigenvalue weighted by Crippen LogP contribution is -2.54. The van der Waals surface area contributed by atoms with Crippen LogP contribution in [-0.4, -0.2) is 42.5 Å². The normalized spacial score (nSPS) is 14.7. The van der Waals surface area contributed by atoms with Crippen molar-refractivity contribution in [3.63, 3.8) is 0 Å². The highest BCUT2D eigenvalue weighted by Gasteiger charge is 2.42. The average Bonchev–Trinajstić information content (AvgIpc) is 2.76. The smallest absolute Gasteiger partial charge is 0.271 e. The Labute approximate surface area is 194 Å². The van der Waals surface area contributed by atoms with E-state index in [1.54, 1.807) is 63.4 Å². The second kappa shape index (κ2) is 9.13. The van der Waals surface area contributed by atoms with Crippen LogP contribution in [0.4, 0.5) is 11.4 Å². The molecule has 3 amide bonds. The van der Waals surface area contributed by atoms with Crippen molar-refractivity contribution in [2.75, 3.05) is 23.9 Å². The molecule has 1 aliphatic heterocycles. The van der Waals surface area contributed by atoms with Gasteiger partial charge in [0, 0.05) is 22.9 Å². The van der Waals surface area contributed by atoms with E-state index in [9.17, 15) is 14.4 Å². The molecule has 0 saturated carbocycles. The summed E-state index contributed by atoms with van der Waals surface area (Å²) in [7, 11) is 1.54. The molecule has 0 unspecified atom stereocenters. The zero-order chi connectivity index (χ0) is 24.4. The van der Waals surface area contributed by atoms with E-state index in [1.165, 1.54) is 4.90 Å². The zero-order valence-corrected chi connectivity index (χ0v) is 19.9. The van der Waals surface area contributed by atoms with Crippen LogP contribution in [0.5, 0.6) is 11.5 Å². The Balaban J connectivity index is 1.88. The largest absolute Gasteiger partial charge is 0.497 e. The first-order chi connectivity index (χ1) is 15.5. The fraction of sp³-hybridized carbons (Fsp3) is 0.400. The number of amides is 3. The van der Waals surface area contributed by atoms with Crippen LogP contribution >= 0.6 is 0 Å². The molecule has 0 spiro atoms. The van der Waals surface area contributed by atoms with Crippen molar-refractivity contribution >= 4 is 29.1 Å². The second-order valence-electron chi connectivity index (χ2n) is 9.16. The number of anilines is 2. The summed E-state index contributed by atoms with van der Waals surface area (Å²) in [5.74, 6) is 0.0136. The molecule has 8 nitrogen and oxygen atoms in total. The van der Waals surface area contributed by atoms with Gasteiger partial charge in [0.15, 0.2) is 5.60 Å². The molecule has 0 radical (unpaired) electrons. The maximum Gasteiger partial charge on any atom is 0.271 e. The SMILES string of the molecule is CCC(C)(C)NC(=O)c1ccc2c(c1)N(CC(=O)Nc1cccc(OC)c1)C(=O)C(C)(C)O2. The third kappa shape index (κ3) is 5.45. The minimum Gasteiger partial charge on any atom is -0.497 e. The lowest BCUT2D eigenvalue weighted by Gasteiger charge is -2.38. The summed E-state index contributed by atoms with van der Waals surface area (Å²) in [5, 5.41) is 5.77. The molecule has 2 aromatic carbocycles. The molecule has 2 N–H and O–H groups in total. The Morgan fingerprint density at radius 1 is 1.15 bits per heavy atom. The molecule has 0 atom stereocenters. The number of benzene rings is 2. The van der Waals surface area contributed by atoms with Gasteiger partial charge in [0.05, 0.1) is 12.8 Å². The highest BCUT2D eigenvalue weighted by molar-refractivity contribution is 6.08. The van der Waals surface area contributed by atoms with Gasteiger partial charge in [-0.15, -0.1) is 0 Å². The molecule has 0 aromatic heterocycles. The van der Waals surface area contributed by atoms with Crippen LogP contribution < -0.4 is 25.0 Å². The fourth-order valence-corrected chi connectivity index (χ4v) is 3.38. The van der Waals surface area contributed by atoms with Crippen molar-refractivity contribution in [1.82, 2.24) is 5.32 Å². The van der Waals surface area contributed by atoms with Crippen LogP contribution in [0.15, 0.2) is 42.5 Å². The summed E-state index contributed by atoms with van der Waals surface area (Å²) in [6, 6.07) is 11.8. The molecule has 0 aliphatic carbocycles. The number of carbonyl (C=O) groups excluding carboxylic acids is 3. The van der Waals surface area contributed by atoms with Crippen LogP contribution in [0.3, 0.4) is 0 Å². The molecule has 33 heavy (non-hydrogen) atoms. The highest BCUT2D eigenvalue weighted by atomic mass is 16.5. The van der Waals surface area contributed by atoms with Gasteiger partial charge in [-0.1, -0.05) is 13.0 Å². The van der Waals surface area contributed by atoms with E-state index in [-0.39, 0.29) is 29.8 Å². The standard InChI is InChI=1S/C25H31N3O5/c1-7-24(2,3)27-22(30)16-11-12-20-19(13-16)28(23(31)25(4,5)33-20)15-21(29)26-17-9-8-10-18(14-17)32-6/h8-14H,7,15H2,1-6H3,(H,26,29)(H,27,30). The molecular weight excluding hydrogens is 422 g/mol. The Kier molecular flexibility index (Phi) is 6.67. The lowest BCUT2D eigenvalue weighted by atomic mass is 10.00. The molecule has 0 bridgehead atoms. The summed E-state index contributed by atoms with van der Waals surface area (Å²) in [6.45, 7) is 8.93. The van der Waals surface area contributed by atoms with Gasteiger partial charge in [-0.05, 0) is 64.4 Å². The molecule has 8 heteroatoms. The second-order valence-corrected chi connectivity index (χ2v) is 9.16. The Morgan fingerprint density at radius 2 is 1.88 bits per heavy atom. The molecule has 2 aromatic rings. The van der Waals surface area contributed by atoms with Gasteiger partial charge < -0.3 is 20.1 Å². The number of fused-ring (bicyclic) bond motifs is 1. The first-order valence-corrected chi connectivity index (χ1v) is 10.9. The summed E-state index contributed by atoms with van der Waals surface area (Å²) in [6.07, 6.45) is 0.760. The summed E-state index contributed by atoms with van der Waals surface area (Å²) < 4.78 is 11.1. The van der Waals surface area contributed by atoms with Gasteiger partial charge in [0.1, 0.15) is 18.0 Å². The summed E-state index contributed by atoms with van der Waals surface area (Å²) >= 11 is 0. The van der Waals surface area contributed by atoms with Gasteiger partial charge in [0.25, 0.3) is 11.8 Å². The number of ether oxygens (including phenoxy) is 2. The van der Waals surface area contributed by atoms with Crippen LogP contribution in [0, 0.1) is 0 Å². The number of carbonyl (C=O) groups is 3. The molecule has 0 saturated heterocycles. The predicted molar refractivity (Wildman–Crippen MR) is 127 cm³/mol. The lowest BCUT2D eigenvalue weighted by molar-refractivity contribution is -0.133. The predicted octanol–water partition coefficient (Wildman–Crippen LogP) is 3.76. The Bertz CT molecular complexity index is 1080. The minimum atomic E-state index is -1.16. The maximum absolute atomic E-state index is 13.2. The summed E-state index contributed by atoms with van der Waals surface area (Å²) in [4.78, 5) is 40.1. The van der Waals surface area contributed by atoms with Gasteiger partial charge in [-0.25, -0.2) is 0 Å². The van der Waals surface area contributed by atoms with E-state index in [4.69, 9.17) is 9.47 Å². The molecule has 3 rings (SSSR count). The topological polar surface area (TPSA) is 97.0 Å². The van der Waals surface area contributed by atoms with E-state index in [1.807, 2.05) is 20.8 Å². The number of nitrogens with one attached hydrogen (secondary N) is 2. The van der Waals surface area contributed by atoms with E-state index in [0.29, 0.717) is 28.4 Å². The van der Waals surface area contributed by atoms with Gasteiger partial charge in [-0.3, -0.25) is 19.3 Å². The first-order valence-electron chi connectivity index (χ1n) is 10.9. The highest BCUT2D eigenvalue weighted by Crippen LogP contribution is 2.38. The third-order valence-corrected chi connectivity index (χ3v) is 5.63. The quantitative estimate of drug-likeness (QED) is 0.665. The van der Waals surface area contributed by atoms with Crippen molar-refractivity contribution in [3.8, 4) is 11.5 Å². The van der Waals surface area contributed by atoms with Crippen LogP contribution in [0.25, 0.3) is 0 Å². The zero-order valence-electron chi connectivity index (χ0n) is 19.9. The van der Waals surface area contributed by atoms with Crippen LogP contribution in [-0.2, 0) is 9.59 Å². The molecule has 1 aliphatic rings. The van der Waals surface area contributed by atoms with Crippen LogP contribution in [0.2, 0.25) is 0 Å². The Morgan fingerprint density at radius 3 is 2.55 bits per heavy atom. The van der Waals surface area contributed by atoms with Crippen molar-refractivity contribution in [2.24, 2.45) is 0 Å². The van der Waals surface area contributed by atoms with Crippen molar-refractivity contribution < 1.29 is 23.9 Å². The first kappa shape index (κ1) is 24.1. The van der Waals surface area contributed by atoms with E-state index >= 15 is 0 Å². The van der Waals surface area contributed by atoms with Gasteiger partial charge in [-0.2, -0.15) is 0 Å². The van der Waals surface area contributed by atoms with Gasteiger partial charge in [0.2, 0.25) is 5.91 Å². The average molecular weight is 454 g/mol. The molecule has 1 heterocycles. The number of hydrogen-bond donors (Lipinski definition) is 2. The fourth-order valence-electron chi connectivity index (χ4n) is 3.38. The summed E-state index contributed by atoms with van der Waals surface area (Å²) in [5.41, 5.74) is -0.226. The molecular formula is C25H31N3O5. The third-order valence-electron chi connectivity index (χ3n) is 5.63. The van der Waals surface area contributed by atoms with Gasteiger partial charge >= 0.3 is 0 Å². The van der Waals surface area contributed by atoms with Crippen LogP contribution in [0.1, 0.15) is 51.4 Å². The number of rotatable bonds is 7. The Hall–Kier alpha value is -3.55. The number of methoxy groups -OCH3 is 1. The van der Waals surface area contributed by atoms with Crippen molar-refractivity contribution in [1.29, 1.82) is 0 Å². The van der Waals surface area contributed by atoms with Crippen molar-refractivity contribution in [2.45, 2.75) is 52.2 Å². The van der Waals surface area contributed by atoms with E-state index in [2.05, 4.69) is 10.6 Å². The van der Waals surface area contributed by atoms with E-state index in [0.717, 1.165) is 6.42 Å². The van der Waals surface area contributed by atoms with E-state index < -0.39 is 5.60 Å². The molecule has 176 valence electrons. The van der Waals surface area contributed by atoms with Crippen molar-refractivity contribution in [3.05, 3.63) is 48.0 Å². The number of hydrogen-bond acceptors (Lipinski definition) is 5. The monoisotopic (exact) mass is 453 g/mol. The molecule has 0 fully saturated rings.